The van der Waals surface area contributed by atoms with Crippen LogP contribution in [0.3, 0.4) is 0 Å². The zero-order chi connectivity index (χ0) is 9.31. The van der Waals surface area contributed by atoms with Crippen molar-refractivity contribution >= 4 is 22.9 Å². The van der Waals surface area contributed by atoms with Crippen molar-refractivity contribution in [3.63, 3.8) is 0 Å². The van der Waals surface area contributed by atoms with Gasteiger partial charge in [0, 0.05) is 23.9 Å². The van der Waals surface area contributed by atoms with E-state index in [1.54, 1.807) is 11.3 Å². The Balaban J connectivity index is 2.05. The highest BCUT2D eigenvalue weighted by Crippen LogP contribution is 2.48. The lowest BCUT2D eigenvalue weighted by atomic mass is 9.84. The highest BCUT2D eigenvalue weighted by atomic mass is 35.5. The summed E-state index contributed by atoms with van der Waals surface area (Å²) >= 11 is 7.78. The van der Waals surface area contributed by atoms with Crippen molar-refractivity contribution in [3.8, 4) is 0 Å². The van der Waals surface area contributed by atoms with Gasteiger partial charge in [-0.25, -0.2) is 4.98 Å². The summed E-state index contributed by atoms with van der Waals surface area (Å²) in [6.45, 7) is 2.29. The third-order valence-corrected chi connectivity index (χ3v) is 4.30. The molecule has 1 atom stereocenters. The summed E-state index contributed by atoms with van der Waals surface area (Å²) in [5, 5.41) is 3.27. The summed E-state index contributed by atoms with van der Waals surface area (Å²) < 4.78 is 0. The Morgan fingerprint density at radius 1 is 1.69 bits per heavy atom. The standard InChI is InChI=1S/C10H14ClNS/c1-10(7-11,8-2-3-8)6-9-12-4-5-13-9/h4-5,8H,2-3,6-7H2,1H3. The van der Waals surface area contributed by atoms with Gasteiger partial charge >= 0.3 is 0 Å². The summed E-state index contributed by atoms with van der Waals surface area (Å²) in [4.78, 5) is 4.32. The molecule has 0 amide bonds. The number of hydrogen-bond acceptors (Lipinski definition) is 2. The Hall–Kier alpha value is -0.0800. The molecule has 0 bridgehead atoms. The Bertz CT molecular complexity index is 268. The van der Waals surface area contributed by atoms with E-state index in [9.17, 15) is 0 Å². The van der Waals surface area contributed by atoms with Crippen LogP contribution in [0.1, 0.15) is 24.8 Å². The number of hydrogen-bond donors (Lipinski definition) is 0. The van der Waals surface area contributed by atoms with Gasteiger partial charge in [-0.3, -0.25) is 0 Å². The van der Waals surface area contributed by atoms with Crippen molar-refractivity contribution in [2.75, 3.05) is 5.88 Å². The first-order valence-corrected chi connectivity index (χ1v) is 6.10. The van der Waals surface area contributed by atoms with E-state index in [1.807, 2.05) is 11.6 Å². The van der Waals surface area contributed by atoms with Crippen molar-refractivity contribution in [2.45, 2.75) is 26.2 Å². The molecule has 1 aliphatic rings. The van der Waals surface area contributed by atoms with Crippen molar-refractivity contribution < 1.29 is 0 Å². The number of aromatic nitrogens is 1. The average molecular weight is 216 g/mol. The van der Waals surface area contributed by atoms with E-state index in [0.717, 1.165) is 18.2 Å². The van der Waals surface area contributed by atoms with Gasteiger partial charge in [-0.05, 0) is 24.2 Å². The molecule has 1 aromatic rings. The smallest absolute Gasteiger partial charge is 0.0930 e. The molecule has 1 aromatic heterocycles. The third-order valence-electron chi connectivity index (χ3n) is 2.91. The van der Waals surface area contributed by atoms with E-state index in [1.165, 1.54) is 17.8 Å². The fraction of sp³-hybridized carbons (Fsp3) is 0.700. The predicted octanol–water partition coefficient (Wildman–Crippen LogP) is 3.34. The molecule has 1 heterocycles. The van der Waals surface area contributed by atoms with Crippen LogP contribution in [-0.4, -0.2) is 10.9 Å². The number of alkyl halides is 1. The maximum atomic E-state index is 6.04. The van der Waals surface area contributed by atoms with Crippen LogP contribution in [0.15, 0.2) is 11.6 Å². The first kappa shape index (κ1) is 9.47. The van der Waals surface area contributed by atoms with Crippen molar-refractivity contribution in [2.24, 2.45) is 11.3 Å². The van der Waals surface area contributed by atoms with Gasteiger partial charge in [-0.1, -0.05) is 6.92 Å². The summed E-state index contributed by atoms with van der Waals surface area (Å²) in [7, 11) is 0. The van der Waals surface area contributed by atoms with Gasteiger partial charge in [0.05, 0.1) is 5.01 Å². The highest BCUT2D eigenvalue weighted by molar-refractivity contribution is 7.09. The van der Waals surface area contributed by atoms with E-state index in [-0.39, 0.29) is 0 Å². The Kier molecular flexibility index (Phi) is 2.61. The lowest BCUT2D eigenvalue weighted by Crippen LogP contribution is -2.24. The van der Waals surface area contributed by atoms with Crippen LogP contribution in [0.4, 0.5) is 0 Å². The van der Waals surface area contributed by atoms with Crippen LogP contribution in [-0.2, 0) is 6.42 Å². The maximum Gasteiger partial charge on any atom is 0.0930 e. The largest absolute Gasteiger partial charge is 0.250 e. The first-order chi connectivity index (χ1) is 6.24. The maximum absolute atomic E-state index is 6.04. The van der Waals surface area contributed by atoms with Crippen LogP contribution in [0.25, 0.3) is 0 Å². The van der Waals surface area contributed by atoms with Crippen LogP contribution in [0.2, 0.25) is 0 Å². The van der Waals surface area contributed by atoms with Gasteiger partial charge in [0.2, 0.25) is 0 Å². The molecule has 1 nitrogen and oxygen atoms in total. The second kappa shape index (κ2) is 3.58. The van der Waals surface area contributed by atoms with Crippen LogP contribution in [0, 0.1) is 11.3 Å². The fourth-order valence-corrected chi connectivity index (χ4v) is 2.89. The van der Waals surface area contributed by atoms with Crippen LogP contribution < -0.4 is 0 Å². The summed E-state index contributed by atoms with van der Waals surface area (Å²) in [5.74, 6) is 1.60. The molecule has 1 unspecified atom stereocenters. The molecular formula is C10H14ClNS. The Labute approximate surface area is 88.1 Å². The molecule has 2 rings (SSSR count). The molecule has 0 aromatic carbocycles. The quantitative estimate of drug-likeness (QED) is 0.703. The van der Waals surface area contributed by atoms with Crippen molar-refractivity contribution in [1.29, 1.82) is 0 Å². The molecular weight excluding hydrogens is 202 g/mol. The number of rotatable bonds is 4. The lowest BCUT2D eigenvalue weighted by Gasteiger charge is -2.25. The predicted molar refractivity (Wildman–Crippen MR) is 57.4 cm³/mol. The lowest BCUT2D eigenvalue weighted by molar-refractivity contribution is 0.313. The van der Waals surface area contributed by atoms with E-state index in [4.69, 9.17) is 11.6 Å². The van der Waals surface area contributed by atoms with Crippen LogP contribution in [0.5, 0.6) is 0 Å². The van der Waals surface area contributed by atoms with Crippen LogP contribution >= 0.6 is 22.9 Å². The van der Waals surface area contributed by atoms with Gasteiger partial charge in [0.25, 0.3) is 0 Å². The summed E-state index contributed by atoms with van der Waals surface area (Å²) in [6.07, 6.45) is 5.64. The molecule has 0 spiro atoms. The number of thiazole rings is 1. The minimum atomic E-state index is 0.291. The van der Waals surface area contributed by atoms with Gasteiger partial charge in [0.1, 0.15) is 0 Å². The zero-order valence-electron chi connectivity index (χ0n) is 7.79. The molecule has 0 N–H and O–H groups in total. The normalized spacial score (nSPS) is 21.4. The second-order valence-corrected chi connectivity index (χ2v) is 5.41. The Morgan fingerprint density at radius 2 is 2.46 bits per heavy atom. The van der Waals surface area contributed by atoms with E-state index in [2.05, 4.69) is 11.9 Å². The minimum absolute atomic E-state index is 0.291. The van der Waals surface area contributed by atoms with Crippen molar-refractivity contribution in [1.82, 2.24) is 4.98 Å². The monoisotopic (exact) mass is 215 g/mol. The Morgan fingerprint density at radius 3 is 2.92 bits per heavy atom. The SMILES string of the molecule is CC(CCl)(Cc1nccs1)C1CC1. The number of halogens is 1. The molecule has 13 heavy (non-hydrogen) atoms. The first-order valence-electron chi connectivity index (χ1n) is 4.69. The van der Waals surface area contributed by atoms with Gasteiger partial charge in [0.15, 0.2) is 0 Å². The van der Waals surface area contributed by atoms with E-state index < -0.39 is 0 Å². The van der Waals surface area contributed by atoms with Gasteiger partial charge < -0.3 is 0 Å². The molecule has 0 radical (unpaired) electrons. The molecule has 3 heteroatoms. The topological polar surface area (TPSA) is 12.9 Å². The van der Waals surface area contributed by atoms with Gasteiger partial charge in [-0.2, -0.15) is 0 Å². The average Bonchev–Trinajstić information content (AvgIpc) is 2.88. The fourth-order valence-electron chi connectivity index (χ4n) is 1.77. The molecule has 0 aliphatic heterocycles. The molecule has 1 aliphatic carbocycles. The zero-order valence-corrected chi connectivity index (χ0v) is 9.37. The molecule has 72 valence electrons. The summed E-state index contributed by atoms with van der Waals surface area (Å²) in [5.41, 5.74) is 0.291. The van der Waals surface area contributed by atoms with E-state index >= 15 is 0 Å². The van der Waals surface area contributed by atoms with Gasteiger partial charge in [-0.15, -0.1) is 22.9 Å². The number of nitrogens with zero attached hydrogens (tertiary/aromatic N) is 1. The highest BCUT2D eigenvalue weighted by Gasteiger charge is 2.41. The second-order valence-electron chi connectivity index (χ2n) is 4.16. The molecule has 0 saturated heterocycles. The van der Waals surface area contributed by atoms with Crippen molar-refractivity contribution in [3.05, 3.63) is 16.6 Å². The molecule has 1 saturated carbocycles. The summed E-state index contributed by atoms with van der Waals surface area (Å²) in [6, 6.07) is 0. The molecule has 1 fully saturated rings. The van der Waals surface area contributed by atoms with E-state index in [0.29, 0.717) is 5.41 Å². The minimum Gasteiger partial charge on any atom is -0.250 e. The third kappa shape index (κ3) is 2.05.